The Bertz CT molecular complexity index is 369. The number of hydrogen-bond donors (Lipinski definition) is 0. The van der Waals surface area contributed by atoms with Crippen LogP contribution in [-0.4, -0.2) is 31.6 Å². The van der Waals surface area contributed by atoms with Crippen LogP contribution in [-0.2, 0) is 12.8 Å². The van der Waals surface area contributed by atoms with Gasteiger partial charge < -0.3 is 9.64 Å². The smallest absolute Gasteiger partial charge is 0.122 e. The molecule has 1 fully saturated rings. The molecule has 0 saturated carbocycles. The number of aryl methyl sites for hydroxylation is 1. The van der Waals surface area contributed by atoms with Crippen molar-refractivity contribution in [3.05, 3.63) is 29.3 Å². The lowest BCUT2D eigenvalue weighted by atomic mass is 10.0. The first-order chi connectivity index (χ1) is 8.83. The Hall–Kier alpha value is -1.02. The molecular weight excluding hydrogens is 222 g/mol. The maximum Gasteiger partial charge on any atom is 0.122 e. The molecule has 1 heterocycles. The Morgan fingerprint density at radius 3 is 2.61 bits per heavy atom. The molecule has 2 heteroatoms. The number of nitrogens with zero attached hydrogens (tertiary/aromatic N) is 1. The van der Waals surface area contributed by atoms with E-state index < -0.39 is 0 Å². The number of methoxy groups -OCH3 is 1. The molecule has 2 rings (SSSR count). The Kier molecular flexibility index (Phi) is 5.06. The van der Waals surface area contributed by atoms with Crippen LogP contribution in [0.25, 0.3) is 0 Å². The van der Waals surface area contributed by atoms with Gasteiger partial charge >= 0.3 is 0 Å². The predicted molar refractivity (Wildman–Crippen MR) is 76.4 cm³/mol. The van der Waals surface area contributed by atoms with Crippen molar-refractivity contribution in [1.29, 1.82) is 0 Å². The first-order valence-corrected chi connectivity index (χ1v) is 7.21. The average Bonchev–Trinajstić information content (AvgIpc) is 2.45. The molecule has 1 aromatic rings. The minimum Gasteiger partial charge on any atom is -0.496 e. The predicted octanol–water partition coefficient (Wildman–Crippen LogP) is 3.29. The van der Waals surface area contributed by atoms with Crippen LogP contribution in [0.4, 0.5) is 0 Å². The quantitative estimate of drug-likeness (QED) is 0.791. The van der Waals surface area contributed by atoms with E-state index in [0.29, 0.717) is 0 Å². The zero-order valence-corrected chi connectivity index (χ0v) is 11.7. The average molecular weight is 247 g/mol. The van der Waals surface area contributed by atoms with Gasteiger partial charge in [0, 0.05) is 6.54 Å². The molecule has 0 unspecified atom stereocenters. The van der Waals surface area contributed by atoms with Crippen molar-refractivity contribution in [1.82, 2.24) is 4.90 Å². The van der Waals surface area contributed by atoms with Gasteiger partial charge in [-0.3, -0.25) is 0 Å². The molecule has 100 valence electrons. The van der Waals surface area contributed by atoms with E-state index >= 15 is 0 Å². The SMILES string of the molecule is CCc1cc(CCN2CCCCC2)ccc1OC. The van der Waals surface area contributed by atoms with Crippen molar-refractivity contribution < 1.29 is 4.74 Å². The van der Waals surface area contributed by atoms with E-state index in [1.807, 2.05) is 0 Å². The number of likely N-dealkylation sites (tertiary alicyclic amines) is 1. The first kappa shape index (κ1) is 13.4. The van der Waals surface area contributed by atoms with Gasteiger partial charge in [0.2, 0.25) is 0 Å². The van der Waals surface area contributed by atoms with Crippen molar-refractivity contribution in [2.45, 2.75) is 39.0 Å². The first-order valence-electron chi connectivity index (χ1n) is 7.21. The second-order valence-corrected chi connectivity index (χ2v) is 5.15. The van der Waals surface area contributed by atoms with Gasteiger partial charge in [-0.15, -0.1) is 0 Å². The molecule has 1 aromatic carbocycles. The van der Waals surface area contributed by atoms with Gasteiger partial charge in [-0.25, -0.2) is 0 Å². The summed E-state index contributed by atoms with van der Waals surface area (Å²) in [6, 6.07) is 6.63. The van der Waals surface area contributed by atoms with Crippen LogP contribution in [0, 0.1) is 0 Å². The van der Waals surface area contributed by atoms with Crippen LogP contribution >= 0.6 is 0 Å². The summed E-state index contributed by atoms with van der Waals surface area (Å²) in [5.41, 5.74) is 2.77. The monoisotopic (exact) mass is 247 g/mol. The molecule has 0 bridgehead atoms. The van der Waals surface area contributed by atoms with Gasteiger partial charge in [-0.2, -0.15) is 0 Å². The highest BCUT2D eigenvalue weighted by Gasteiger charge is 2.10. The van der Waals surface area contributed by atoms with Gasteiger partial charge in [0.05, 0.1) is 7.11 Å². The fourth-order valence-corrected chi connectivity index (χ4v) is 2.73. The van der Waals surface area contributed by atoms with Crippen molar-refractivity contribution in [3.8, 4) is 5.75 Å². The fraction of sp³-hybridized carbons (Fsp3) is 0.625. The van der Waals surface area contributed by atoms with E-state index in [-0.39, 0.29) is 0 Å². The standard InChI is InChI=1S/C16H25NO/c1-3-15-13-14(7-8-16(15)18-2)9-12-17-10-5-4-6-11-17/h7-8,13H,3-6,9-12H2,1-2H3. The fourth-order valence-electron chi connectivity index (χ4n) is 2.73. The van der Waals surface area contributed by atoms with Crippen LogP contribution in [0.1, 0.15) is 37.3 Å². The molecule has 1 aliphatic heterocycles. The van der Waals surface area contributed by atoms with Crippen LogP contribution in [0.15, 0.2) is 18.2 Å². The molecule has 18 heavy (non-hydrogen) atoms. The summed E-state index contributed by atoms with van der Waals surface area (Å²) in [6.07, 6.45) is 6.38. The van der Waals surface area contributed by atoms with Crippen LogP contribution in [0.5, 0.6) is 5.75 Å². The summed E-state index contributed by atoms with van der Waals surface area (Å²) < 4.78 is 5.38. The van der Waals surface area contributed by atoms with Crippen LogP contribution in [0.3, 0.4) is 0 Å². The van der Waals surface area contributed by atoms with Gasteiger partial charge in [-0.1, -0.05) is 25.5 Å². The minimum absolute atomic E-state index is 1.03. The lowest BCUT2D eigenvalue weighted by molar-refractivity contribution is 0.231. The zero-order chi connectivity index (χ0) is 12.8. The van der Waals surface area contributed by atoms with E-state index in [1.165, 1.54) is 50.0 Å². The number of hydrogen-bond acceptors (Lipinski definition) is 2. The third-order valence-electron chi connectivity index (χ3n) is 3.89. The zero-order valence-electron chi connectivity index (χ0n) is 11.7. The van der Waals surface area contributed by atoms with Crippen molar-refractivity contribution in [3.63, 3.8) is 0 Å². The normalized spacial score (nSPS) is 16.8. The van der Waals surface area contributed by atoms with Gasteiger partial charge in [-0.05, 0) is 56.0 Å². The minimum atomic E-state index is 1.03. The summed E-state index contributed by atoms with van der Waals surface area (Å²) >= 11 is 0. The maximum atomic E-state index is 5.38. The summed E-state index contributed by atoms with van der Waals surface area (Å²) in [6.45, 7) is 5.97. The number of benzene rings is 1. The molecule has 0 atom stereocenters. The Morgan fingerprint density at radius 1 is 1.17 bits per heavy atom. The molecule has 2 nitrogen and oxygen atoms in total. The van der Waals surface area contributed by atoms with Gasteiger partial charge in [0.25, 0.3) is 0 Å². The van der Waals surface area contributed by atoms with Gasteiger partial charge in [0.15, 0.2) is 0 Å². The molecule has 0 spiro atoms. The van der Waals surface area contributed by atoms with Crippen molar-refractivity contribution in [2.75, 3.05) is 26.7 Å². The van der Waals surface area contributed by atoms with E-state index in [9.17, 15) is 0 Å². The number of rotatable bonds is 5. The Labute approximate surface area is 111 Å². The second kappa shape index (κ2) is 6.79. The molecule has 1 aliphatic rings. The molecular formula is C16H25NO. The number of piperidine rings is 1. The molecule has 0 amide bonds. The van der Waals surface area contributed by atoms with E-state index in [2.05, 4.69) is 30.0 Å². The lowest BCUT2D eigenvalue weighted by Crippen LogP contribution is -2.31. The highest BCUT2D eigenvalue weighted by atomic mass is 16.5. The van der Waals surface area contributed by atoms with Gasteiger partial charge in [0.1, 0.15) is 5.75 Å². The third kappa shape index (κ3) is 3.49. The van der Waals surface area contributed by atoms with Crippen molar-refractivity contribution in [2.24, 2.45) is 0 Å². The molecule has 0 aromatic heterocycles. The molecule has 1 saturated heterocycles. The summed E-state index contributed by atoms with van der Waals surface area (Å²) in [5.74, 6) is 1.03. The van der Waals surface area contributed by atoms with Crippen LogP contribution in [0.2, 0.25) is 0 Å². The Morgan fingerprint density at radius 2 is 1.94 bits per heavy atom. The Balaban J connectivity index is 1.92. The lowest BCUT2D eigenvalue weighted by Gasteiger charge is -2.26. The second-order valence-electron chi connectivity index (χ2n) is 5.15. The van der Waals surface area contributed by atoms with E-state index in [1.54, 1.807) is 7.11 Å². The highest BCUT2D eigenvalue weighted by molar-refractivity contribution is 5.37. The highest BCUT2D eigenvalue weighted by Crippen LogP contribution is 2.21. The topological polar surface area (TPSA) is 12.5 Å². The summed E-state index contributed by atoms with van der Waals surface area (Å²) in [4.78, 5) is 2.60. The largest absolute Gasteiger partial charge is 0.496 e. The molecule has 0 radical (unpaired) electrons. The number of ether oxygens (including phenoxy) is 1. The van der Waals surface area contributed by atoms with Crippen molar-refractivity contribution >= 4 is 0 Å². The molecule has 0 N–H and O–H groups in total. The summed E-state index contributed by atoms with van der Waals surface area (Å²) in [7, 11) is 1.75. The van der Waals surface area contributed by atoms with Crippen LogP contribution < -0.4 is 4.74 Å². The summed E-state index contributed by atoms with van der Waals surface area (Å²) in [5, 5.41) is 0. The molecule has 0 aliphatic carbocycles. The van der Waals surface area contributed by atoms with E-state index in [4.69, 9.17) is 4.74 Å². The third-order valence-corrected chi connectivity index (χ3v) is 3.89. The maximum absolute atomic E-state index is 5.38. The van der Waals surface area contributed by atoms with E-state index in [0.717, 1.165) is 18.6 Å².